The van der Waals surface area contributed by atoms with Gasteiger partial charge < -0.3 is 24.4 Å². The van der Waals surface area contributed by atoms with E-state index in [1.165, 1.54) is 0 Å². The van der Waals surface area contributed by atoms with E-state index >= 15 is 0 Å². The van der Waals surface area contributed by atoms with E-state index in [1.54, 1.807) is 17.9 Å². The van der Waals surface area contributed by atoms with Gasteiger partial charge in [-0.15, -0.1) is 6.58 Å². The summed E-state index contributed by atoms with van der Waals surface area (Å²) < 4.78 is 12.0. The molecule has 2 amide bonds. The lowest BCUT2D eigenvalue weighted by Crippen LogP contribution is -2.61. The molecule has 8 nitrogen and oxygen atoms in total. The third kappa shape index (κ3) is 5.85. The Bertz CT molecular complexity index is 902. The van der Waals surface area contributed by atoms with Gasteiger partial charge in [0, 0.05) is 30.1 Å². The minimum Gasteiger partial charge on any atom is -0.466 e. The first kappa shape index (κ1) is 31.1. The first-order valence-electron chi connectivity index (χ1n) is 14.1. The van der Waals surface area contributed by atoms with Crippen molar-refractivity contribution in [3.63, 3.8) is 0 Å². The van der Waals surface area contributed by atoms with E-state index in [0.29, 0.717) is 32.4 Å². The summed E-state index contributed by atoms with van der Waals surface area (Å²) in [5, 5.41) is 9.14. The van der Waals surface area contributed by atoms with Crippen LogP contribution < -0.4 is 0 Å². The van der Waals surface area contributed by atoms with Gasteiger partial charge >= 0.3 is 5.97 Å². The van der Waals surface area contributed by atoms with Gasteiger partial charge in [-0.3, -0.25) is 14.4 Å². The molecule has 9 heteroatoms. The van der Waals surface area contributed by atoms with E-state index in [-0.39, 0.29) is 35.3 Å². The van der Waals surface area contributed by atoms with Gasteiger partial charge in [-0.05, 0) is 51.9 Å². The number of nitrogens with zero attached hydrogens (tertiary/aromatic N) is 2. The van der Waals surface area contributed by atoms with Crippen LogP contribution in [-0.2, 0) is 23.9 Å². The molecule has 2 bridgehead atoms. The second-order valence-corrected chi connectivity index (χ2v) is 14.0. The van der Waals surface area contributed by atoms with Gasteiger partial charge in [-0.1, -0.05) is 55.6 Å². The number of esters is 1. The smallest absolute Gasteiger partial charge is 0.312 e. The number of aliphatic hydroxyl groups is 1. The number of halogens is 1. The van der Waals surface area contributed by atoms with Crippen molar-refractivity contribution in [3.05, 3.63) is 12.7 Å². The number of carbonyl (C=O) groups is 3. The monoisotopic (exact) mass is 598 g/mol. The first-order chi connectivity index (χ1) is 17.8. The quantitative estimate of drug-likeness (QED) is 0.148. The van der Waals surface area contributed by atoms with E-state index in [9.17, 15) is 14.4 Å². The Labute approximate surface area is 236 Å². The zero-order valence-corrected chi connectivity index (χ0v) is 25.6. The van der Waals surface area contributed by atoms with Crippen molar-refractivity contribution in [1.82, 2.24) is 9.80 Å². The summed E-state index contributed by atoms with van der Waals surface area (Å²) in [6, 6.07) is -0.832. The number of amides is 2. The standard InChI is InChI=1S/C29H47BrN2O6/c1-8-14-32(28(6,7)18-27(3,4)5)25(35)23-29-17-19(30)22(38-29)20(26(36)37-9-2)21(29)24(34)31(23)15-12-10-11-13-16-33/h8,19-23,33H,1,9-18H2,2-7H3/t19?,20-,21-,22-,23?,29?/m0/s1. The molecule has 6 atom stereocenters. The highest BCUT2D eigenvalue weighted by Gasteiger charge is 2.77. The van der Waals surface area contributed by atoms with Crippen LogP contribution in [0.15, 0.2) is 12.7 Å². The number of carbonyl (C=O) groups excluding carboxylic acids is 3. The van der Waals surface area contributed by atoms with Crippen LogP contribution in [0, 0.1) is 17.3 Å². The predicted molar refractivity (Wildman–Crippen MR) is 150 cm³/mol. The van der Waals surface area contributed by atoms with E-state index in [1.807, 2.05) is 4.90 Å². The first-order valence-corrected chi connectivity index (χ1v) is 15.0. The Morgan fingerprint density at radius 2 is 1.89 bits per heavy atom. The zero-order chi connectivity index (χ0) is 28.5. The van der Waals surface area contributed by atoms with Crippen LogP contribution in [-0.4, -0.2) is 87.1 Å². The van der Waals surface area contributed by atoms with Crippen molar-refractivity contribution in [3.8, 4) is 0 Å². The topological polar surface area (TPSA) is 96.4 Å². The third-order valence-electron chi connectivity index (χ3n) is 8.16. The summed E-state index contributed by atoms with van der Waals surface area (Å²) in [6.07, 6.45) is 5.54. The van der Waals surface area contributed by atoms with Crippen molar-refractivity contribution in [2.45, 2.75) is 108 Å². The van der Waals surface area contributed by atoms with Crippen LogP contribution in [0.2, 0.25) is 0 Å². The number of fused-ring (bicyclic) bond motifs is 1. The fourth-order valence-corrected chi connectivity index (χ4v) is 8.15. The number of ether oxygens (including phenoxy) is 2. The van der Waals surface area contributed by atoms with Crippen LogP contribution in [0.4, 0.5) is 0 Å². The van der Waals surface area contributed by atoms with Crippen LogP contribution in [0.1, 0.15) is 80.1 Å². The molecule has 3 fully saturated rings. The molecule has 1 N–H and O–H groups in total. The summed E-state index contributed by atoms with van der Waals surface area (Å²) >= 11 is 3.70. The highest BCUT2D eigenvalue weighted by molar-refractivity contribution is 9.09. The lowest BCUT2D eigenvalue weighted by molar-refractivity contribution is -0.155. The molecular formula is C29H47BrN2O6. The van der Waals surface area contributed by atoms with Gasteiger partial charge in [-0.25, -0.2) is 0 Å². The van der Waals surface area contributed by atoms with E-state index in [0.717, 1.165) is 19.3 Å². The Hall–Kier alpha value is -1.45. The highest BCUT2D eigenvalue weighted by Crippen LogP contribution is 2.60. The summed E-state index contributed by atoms with van der Waals surface area (Å²) in [6.45, 7) is 17.3. The molecule has 0 aromatic heterocycles. The van der Waals surface area contributed by atoms with Gasteiger partial charge in [0.05, 0.1) is 24.5 Å². The van der Waals surface area contributed by atoms with Crippen molar-refractivity contribution < 1.29 is 29.0 Å². The van der Waals surface area contributed by atoms with E-state index in [4.69, 9.17) is 14.6 Å². The minimum atomic E-state index is -1.09. The van der Waals surface area contributed by atoms with Gasteiger partial charge in [-0.2, -0.15) is 0 Å². The average molecular weight is 600 g/mol. The Kier molecular flexibility index (Phi) is 9.79. The Morgan fingerprint density at radius 1 is 1.24 bits per heavy atom. The summed E-state index contributed by atoms with van der Waals surface area (Å²) in [7, 11) is 0. The molecule has 38 heavy (non-hydrogen) atoms. The molecule has 3 heterocycles. The number of hydrogen-bond donors (Lipinski definition) is 1. The number of rotatable bonds is 13. The van der Waals surface area contributed by atoms with Crippen LogP contribution in [0.25, 0.3) is 0 Å². The molecular weight excluding hydrogens is 552 g/mol. The van der Waals surface area contributed by atoms with Gasteiger partial charge in [0.1, 0.15) is 11.6 Å². The molecule has 0 radical (unpaired) electrons. The zero-order valence-electron chi connectivity index (χ0n) is 24.0. The van der Waals surface area contributed by atoms with Crippen LogP contribution >= 0.6 is 15.9 Å². The number of hydrogen-bond acceptors (Lipinski definition) is 6. The van der Waals surface area contributed by atoms with Crippen molar-refractivity contribution in [1.29, 1.82) is 0 Å². The lowest BCUT2D eigenvalue weighted by atomic mass is 9.70. The molecule has 3 saturated heterocycles. The maximum atomic E-state index is 14.6. The fraction of sp³-hybridized carbons (Fsp3) is 0.828. The van der Waals surface area contributed by atoms with E-state index < -0.39 is 41.1 Å². The number of unbranched alkanes of at least 4 members (excludes halogenated alkanes) is 3. The summed E-state index contributed by atoms with van der Waals surface area (Å²) in [5.74, 6) is -2.28. The number of aliphatic hydroxyl groups excluding tert-OH is 1. The molecule has 0 aliphatic carbocycles. The summed E-state index contributed by atoms with van der Waals surface area (Å²) in [5.41, 5.74) is -1.62. The molecule has 0 aromatic carbocycles. The highest BCUT2D eigenvalue weighted by atomic mass is 79.9. The largest absolute Gasteiger partial charge is 0.466 e. The SMILES string of the molecule is C=CCN(C(=O)C1N(CCCCCCO)C(=O)[C@@H]2[C@H](C(=O)OCC)[C@H]3OC12CC3Br)C(C)(C)CC(C)(C)C. The number of alkyl halides is 1. The average Bonchev–Trinajstić information content (AvgIpc) is 3.39. The second kappa shape index (κ2) is 12.0. The predicted octanol–water partition coefficient (Wildman–Crippen LogP) is 4.08. The van der Waals surface area contributed by atoms with Crippen molar-refractivity contribution in [2.75, 3.05) is 26.3 Å². The van der Waals surface area contributed by atoms with Gasteiger partial charge in [0.15, 0.2) is 0 Å². The molecule has 3 aliphatic heterocycles. The van der Waals surface area contributed by atoms with Gasteiger partial charge in [0.2, 0.25) is 11.8 Å². The molecule has 3 aliphatic rings. The van der Waals surface area contributed by atoms with Crippen LogP contribution in [0.3, 0.4) is 0 Å². The molecule has 3 rings (SSSR count). The molecule has 0 saturated carbocycles. The molecule has 216 valence electrons. The molecule has 3 unspecified atom stereocenters. The normalized spacial score (nSPS) is 30.5. The maximum Gasteiger partial charge on any atom is 0.312 e. The van der Waals surface area contributed by atoms with Crippen molar-refractivity contribution in [2.24, 2.45) is 17.3 Å². The van der Waals surface area contributed by atoms with Gasteiger partial charge in [0.25, 0.3) is 0 Å². The minimum absolute atomic E-state index is 0.0276. The molecule has 0 aromatic rings. The van der Waals surface area contributed by atoms with Crippen LogP contribution in [0.5, 0.6) is 0 Å². The Morgan fingerprint density at radius 3 is 2.47 bits per heavy atom. The lowest BCUT2D eigenvalue weighted by Gasteiger charge is -2.45. The third-order valence-corrected chi connectivity index (χ3v) is 9.01. The maximum absolute atomic E-state index is 14.6. The van der Waals surface area contributed by atoms with E-state index in [2.05, 4.69) is 57.1 Å². The molecule has 1 spiro atoms. The number of likely N-dealkylation sites (tertiary alicyclic amines) is 1. The second-order valence-electron chi connectivity index (χ2n) is 12.9. The summed E-state index contributed by atoms with van der Waals surface area (Å²) in [4.78, 5) is 45.2. The fourth-order valence-electron chi connectivity index (χ4n) is 7.21. The Balaban J connectivity index is 2.03. The van der Waals surface area contributed by atoms with Crippen molar-refractivity contribution >= 4 is 33.7 Å².